The van der Waals surface area contributed by atoms with Crippen LogP contribution < -0.4 is 5.32 Å². The van der Waals surface area contributed by atoms with Crippen molar-refractivity contribution in [2.24, 2.45) is 0 Å². The lowest BCUT2D eigenvalue weighted by Gasteiger charge is -2.07. The van der Waals surface area contributed by atoms with Gasteiger partial charge in [-0.05, 0) is 30.3 Å². The zero-order valence-corrected chi connectivity index (χ0v) is 11.3. The Hall–Kier alpha value is -2.01. The molecule has 0 aliphatic carbocycles. The van der Waals surface area contributed by atoms with E-state index in [4.69, 9.17) is 0 Å². The number of anilines is 1. The van der Waals surface area contributed by atoms with Gasteiger partial charge in [-0.1, -0.05) is 28.1 Å². The number of carbonyl (C=O) groups is 2. The van der Waals surface area contributed by atoms with Crippen molar-refractivity contribution in [2.45, 2.75) is 0 Å². The van der Waals surface area contributed by atoms with Gasteiger partial charge in [0, 0.05) is 15.7 Å². The number of aldehydes is 1. The van der Waals surface area contributed by atoms with Gasteiger partial charge in [-0.15, -0.1) is 0 Å². The maximum Gasteiger partial charge on any atom is 0.258 e. The average Bonchev–Trinajstić information content (AvgIpc) is 2.41. The third-order valence-electron chi connectivity index (χ3n) is 2.45. The van der Waals surface area contributed by atoms with Gasteiger partial charge in [0.25, 0.3) is 5.91 Å². The van der Waals surface area contributed by atoms with Crippen molar-refractivity contribution in [1.82, 2.24) is 0 Å². The van der Waals surface area contributed by atoms with E-state index in [9.17, 15) is 14.0 Å². The molecule has 0 spiro atoms. The molecule has 2 aromatic rings. The van der Waals surface area contributed by atoms with E-state index in [1.807, 2.05) is 0 Å². The number of benzene rings is 2. The molecule has 0 fully saturated rings. The molecular weight excluding hydrogens is 313 g/mol. The lowest BCUT2D eigenvalue weighted by Crippen LogP contribution is -2.13. The molecule has 0 aliphatic heterocycles. The van der Waals surface area contributed by atoms with Crippen LogP contribution in [-0.2, 0) is 0 Å². The first-order chi connectivity index (χ1) is 9.10. The van der Waals surface area contributed by atoms with E-state index in [-0.39, 0.29) is 5.56 Å². The molecule has 0 radical (unpaired) electrons. The van der Waals surface area contributed by atoms with Crippen LogP contribution in [0.15, 0.2) is 46.9 Å². The molecule has 0 aliphatic rings. The Morgan fingerprint density at radius 1 is 1.21 bits per heavy atom. The second kappa shape index (κ2) is 5.75. The van der Waals surface area contributed by atoms with Crippen LogP contribution >= 0.6 is 15.9 Å². The third kappa shape index (κ3) is 3.26. The largest absolute Gasteiger partial charge is 0.322 e. The van der Waals surface area contributed by atoms with Gasteiger partial charge in [0.1, 0.15) is 12.1 Å². The highest BCUT2D eigenvalue weighted by molar-refractivity contribution is 9.10. The maximum atomic E-state index is 13.5. The summed E-state index contributed by atoms with van der Waals surface area (Å²) in [6.45, 7) is 0. The first-order valence-electron chi connectivity index (χ1n) is 5.42. The van der Waals surface area contributed by atoms with Gasteiger partial charge >= 0.3 is 0 Å². The quantitative estimate of drug-likeness (QED) is 0.877. The van der Waals surface area contributed by atoms with Gasteiger partial charge in [-0.25, -0.2) is 4.39 Å². The van der Waals surface area contributed by atoms with E-state index >= 15 is 0 Å². The monoisotopic (exact) mass is 321 g/mol. The zero-order chi connectivity index (χ0) is 13.8. The molecule has 0 aromatic heterocycles. The Morgan fingerprint density at radius 3 is 2.74 bits per heavy atom. The van der Waals surface area contributed by atoms with Gasteiger partial charge in [0.2, 0.25) is 0 Å². The van der Waals surface area contributed by atoms with E-state index in [1.165, 1.54) is 24.3 Å². The Morgan fingerprint density at radius 2 is 2.00 bits per heavy atom. The summed E-state index contributed by atoms with van der Waals surface area (Å²) in [5, 5.41) is 2.54. The molecule has 0 bridgehead atoms. The maximum absolute atomic E-state index is 13.5. The van der Waals surface area contributed by atoms with E-state index in [1.54, 1.807) is 18.2 Å². The van der Waals surface area contributed by atoms with Gasteiger partial charge in [0.05, 0.1) is 5.56 Å². The fourth-order valence-electron chi connectivity index (χ4n) is 1.56. The van der Waals surface area contributed by atoms with Crippen molar-refractivity contribution in [1.29, 1.82) is 0 Å². The molecule has 0 atom stereocenters. The molecule has 1 N–H and O–H groups in total. The van der Waals surface area contributed by atoms with Crippen molar-refractivity contribution < 1.29 is 14.0 Å². The highest BCUT2D eigenvalue weighted by Crippen LogP contribution is 2.17. The highest BCUT2D eigenvalue weighted by atomic mass is 79.9. The zero-order valence-electron chi connectivity index (χ0n) is 9.69. The SMILES string of the molecule is O=Cc1cccc(NC(=O)c2cc(Br)ccc2F)c1. The van der Waals surface area contributed by atoms with E-state index < -0.39 is 11.7 Å². The molecule has 1 amide bonds. The molecule has 2 aromatic carbocycles. The topological polar surface area (TPSA) is 46.2 Å². The molecule has 5 heteroatoms. The van der Waals surface area contributed by atoms with Crippen molar-refractivity contribution in [2.75, 3.05) is 5.32 Å². The van der Waals surface area contributed by atoms with Crippen molar-refractivity contribution in [3.63, 3.8) is 0 Å². The Kier molecular flexibility index (Phi) is 4.06. The van der Waals surface area contributed by atoms with Gasteiger partial charge < -0.3 is 5.32 Å². The lowest BCUT2D eigenvalue weighted by atomic mass is 10.1. The smallest absolute Gasteiger partial charge is 0.258 e. The predicted molar refractivity (Wildman–Crippen MR) is 73.9 cm³/mol. The summed E-state index contributed by atoms with van der Waals surface area (Å²) in [5.74, 6) is -1.17. The fourth-order valence-corrected chi connectivity index (χ4v) is 1.92. The van der Waals surface area contributed by atoms with Crippen LogP contribution in [0, 0.1) is 5.82 Å². The summed E-state index contributed by atoms with van der Waals surface area (Å²) >= 11 is 3.18. The molecule has 96 valence electrons. The molecule has 3 nitrogen and oxygen atoms in total. The van der Waals surface area contributed by atoms with Crippen LogP contribution in [0.1, 0.15) is 20.7 Å². The Bertz CT molecular complexity index is 643. The van der Waals surface area contributed by atoms with E-state index in [0.29, 0.717) is 22.0 Å². The van der Waals surface area contributed by atoms with Crippen LogP contribution in [0.5, 0.6) is 0 Å². The molecule has 0 heterocycles. The van der Waals surface area contributed by atoms with Crippen molar-refractivity contribution >= 4 is 33.8 Å². The number of amides is 1. The first-order valence-corrected chi connectivity index (χ1v) is 6.21. The summed E-state index contributed by atoms with van der Waals surface area (Å²) < 4.78 is 14.1. The number of halogens is 2. The Labute approximate surface area is 117 Å². The van der Waals surface area contributed by atoms with Crippen LogP contribution in [-0.4, -0.2) is 12.2 Å². The summed E-state index contributed by atoms with van der Waals surface area (Å²) in [5.41, 5.74) is 0.812. The van der Waals surface area contributed by atoms with Crippen LogP contribution in [0.2, 0.25) is 0 Å². The van der Waals surface area contributed by atoms with Crippen molar-refractivity contribution in [3.8, 4) is 0 Å². The molecule has 0 unspecified atom stereocenters. The number of hydrogen-bond donors (Lipinski definition) is 1. The summed E-state index contributed by atoms with van der Waals surface area (Å²) in [6, 6.07) is 10.5. The standard InChI is InChI=1S/C14H9BrFNO2/c15-10-4-5-13(16)12(7-10)14(19)17-11-3-1-2-9(6-11)8-18/h1-8H,(H,17,19). The minimum atomic E-state index is -0.604. The van der Waals surface area contributed by atoms with Crippen LogP contribution in [0.3, 0.4) is 0 Å². The van der Waals surface area contributed by atoms with Gasteiger partial charge in [-0.2, -0.15) is 0 Å². The molecular formula is C14H9BrFNO2. The first kappa shape index (κ1) is 13.4. The average molecular weight is 322 g/mol. The van der Waals surface area contributed by atoms with E-state index in [0.717, 1.165) is 0 Å². The minimum absolute atomic E-state index is 0.0640. The van der Waals surface area contributed by atoms with E-state index in [2.05, 4.69) is 21.2 Å². The molecule has 0 saturated carbocycles. The second-order valence-corrected chi connectivity index (χ2v) is 4.74. The fraction of sp³-hybridized carbons (Fsp3) is 0. The van der Waals surface area contributed by atoms with Crippen LogP contribution in [0.4, 0.5) is 10.1 Å². The Balaban J connectivity index is 2.25. The summed E-state index contributed by atoms with van der Waals surface area (Å²) in [7, 11) is 0. The number of carbonyl (C=O) groups excluding carboxylic acids is 2. The predicted octanol–water partition coefficient (Wildman–Crippen LogP) is 3.65. The number of rotatable bonds is 3. The normalized spacial score (nSPS) is 10.0. The minimum Gasteiger partial charge on any atom is -0.322 e. The lowest BCUT2D eigenvalue weighted by molar-refractivity contribution is 0.102. The number of hydrogen-bond acceptors (Lipinski definition) is 2. The summed E-state index contributed by atoms with van der Waals surface area (Å²) in [6.07, 6.45) is 0.676. The second-order valence-electron chi connectivity index (χ2n) is 3.82. The van der Waals surface area contributed by atoms with Crippen LogP contribution in [0.25, 0.3) is 0 Å². The number of nitrogens with one attached hydrogen (secondary N) is 1. The molecule has 19 heavy (non-hydrogen) atoms. The van der Waals surface area contributed by atoms with Crippen molar-refractivity contribution in [3.05, 3.63) is 63.9 Å². The van der Waals surface area contributed by atoms with Gasteiger partial charge in [-0.3, -0.25) is 9.59 Å². The summed E-state index contributed by atoms with van der Waals surface area (Å²) in [4.78, 5) is 22.6. The molecule has 0 saturated heterocycles. The third-order valence-corrected chi connectivity index (χ3v) is 2.95. The highest BCUT2D eigenvalue weighted by Gasteiger charge is 2.12. The molecule has 2 rings (SSSR count). The van der Waals surface area contributed by atoms with Gasteiger partial charge in [0.15, 0.2) is 0 Å².